The van der Waals surface area contributed by atoms with E-state index < -0.39 is 52.7 Å². The molecule has 4 rings (SSSR count). The first-order chi connectivity index (χ1) is 15.7. The largest absolute Gasteiger partial charge is 0.324 e. The van der Waals surface area contributed by atoms with Crippen molar-refractivity contribution in [1.82, 2.24) is 9.21 Å². The molecule has 2 heterocycles. The van der Waals surface area contributed by atoms with Gasteiger partial charge in [-0.3, -0.25) is 24.1 Å². The minimum atomic E-state index is -4.21. The maximum atomic E-state index is 13.1. The van der Waals surface area contributed by atoms with Gasteiger partial charge in [0, 0.05) is 6.54 Å². The first kappa shape index (κ1) is 22.6. The molecule has 0 aromatic heterocycles. The molecule has 2 aliphatic heterocycles. The van der Waals surface area contributed by atoms with Gasteiger partial charge in [0.15, 0.2) is 0 Å². The molecule has 1 fully saturated rings. The third-order valence-corrected chi connectivity index (χ3v) is 7.41. The molecule has 33 heavy (non-hydrogen) atoms. The Labute approximate surface area is 190 Å². The Morgan fingerprint density at radius 1 is 0.879 bits per heavy atom. The summed E-state index contributed by atoms with van der Waals surface area (Å²) in [5, 5.41) is 5.09. The quantitative estimate of drug-likeness (QED) is 0.491. The molecule has 0 bridgehead atoms. The fourth-order valence-electron chi connectivity index (χ4n) is 3.62. The zero-order chi connectivity index (χ0) is 23.8. The number of carbonyl (C=O) groups is 4. The lowest BCUT2D eigenvalue weighted by Crippen LogP contribution is -2.55. The molecule has 1 atom stereocenters. The fourth-order valence-corrected chi connectivity index (χ4v) is 4.98. The average molecular weight is 471 g/mol. The SMILES string of the molecule is CC1C(=O)Nc2ccc(S(=O)(=O)N3CC(=O)N(CCc4ccccc4)C(=O)C3)cc2NC1=O. The van der Waals surface area contributed by atoms with E-state index in [1.165, 1.54) is 25.1 Å². The summed E-state index contributed by atoms with van der Waals surface area (Å²) in [5.41, 5.74) is 1.34. The minimum Gasteiger partial charge on any atom is -0.324 e. The highest BCUT2D eigenvalue weighted by molar-refractivity contribution is 7.89. The molecule has 172 valence electrons. The summed E-state index contributed by atoms with van der Waals surface area (Å²) in [6.07, 6.45) is 0.472. The number of hydrogen-bond donors (Lipinski definition) is 2. The van der Waals surface area contributed by atoms with E-state index in [-0.39, 0.29) is 22.8 Å². The number of fused-ring (bicyclic) bond motifs is 1. The van der Waals surface area contributed by atoms with Crippen LogP contribution in [0.1, 0.15) is 12.5 Å². The molecule has 4 amide bonds. The number of benzene rings is 2. The Morgan fingerprint density at radius 2 is 1.48 bits per heavy atom. The van der Waals surface area contributed by atoms with Gasteiger partial charge < -0.3 is 10.6 Å². The van der Waals surface area contributed by atoms with Crippen LogP contribution in [0.3, 0.4) is 0 Å². The van der Waals surface area contributed by atoms with Crippen molar-refractivity contribution >= 4 is 45.0 Å². The molecule has 2 aliphatic rings. The van der Waals surface area contributed by atoms with Crippen molar-refractivity contribution in [2.24, 2.45) is 5.92 Å². The number of carbonyl (C=O) groups excluding carboxylic acids is 4. The maximum Gasteiger partial charge on any atom is 0.244 e. The Hall–Kier alpha value is -3.57. The summed E-state index contributed by atoms with van der Waals surface area (Å²) in [7, 11) is -4.21. The van der Waals surface area contributed by atoms with Gasteiger partial charge in [0.1, 0.15) is 5.92 Å². The van der Waals surface area contributed by atoms with Crippen LogP contribution in [0, 0.1) is 5.92 Å². The molecule has 2 aromatic rings. The fraction of sp³-hybridized carbons (Fsp3) is 0.273. The van der Waals surface area contributed by atoms with Gasteiger partial charge in [0.2, 0.25) is 33.7 Å². The van der Waals surface area contributed by atoms with Crippen molar-refractivity contribution in [3.63, 3.8) is 0 Å². The third-order valence-electron chi connectivity index (χ3n) is 5.62. The normalized spacial score (nSPS) is 19.5. The molecule has 0 saturated carbocycles. The molecule has 0 radical (unpaired) electrons. The van der Waals surface area contributed by atoms with E-state index in [0.29, 0.717) is 6.42 Å². The zero-order valence-corrected chi connectivity index (χ0v) is 18.6. The van der Waals surface area contributed by atoms with Gasteiger partial charge in [-0.05, 0) is 37.1 Å². The van der Waals surface area contributed by atoms with Gasteiger partial charge in [-0.15, -0.1) is 0 Å². The first-order valence-corrected chi connectivity index (χ1v) is 11.7. The van der Waals surface area contributed by atoms with Gasteiger partial charge in [0.05, 0.1) is 29.4 Å². The molecule has 2 aromatic carbocycles. The van der Waals surface area contributed by atoms with Crippen LogP contribution >= 0.6 is 0 Å². The van der Waals surface area contributed by atoms with Gasteiger partial charge in [0.25, 0.3) is 0 Å². The maximum absolute atomic E-state index is 13.1. The topological polar surface area (TPSA) is 133 Å². The summed E-state index contributed by atoms with van der Waals surface area (Å²) >= 11 is 0. The van der Waals surface area contributed by atoms with Crippen molar-refractivity contribution in [2.75, 3.05) is 30.3 Å². The van der Waals surface area contributed by atoms with Crippen LogP contribution in [0.25, 0.3) is 0 Å². The first-order valence-electron chi connectivity index (χ1n) is 10.3. The summed E-state index contributed by atoms with van der Waals surface area (Å²) in [4.78, 5) is 50.2. The van der Waals surface area contributed by atoms with E-state index in [1.807, 2.05) is 30.3 Å². The van der Waals surface area contributed by atoms with Crippen LogP contribution in [-0.2, 0) is 35.6 Å². The lowest BCUT2D eigenvalue weighted by atomic mass is 10.1. The second kappa shape index (κ2) is 8.75. The van der Waals surface area contributed by atoms with Gasteiger partial charge in [-0.1, -0.05) is 30.3 Å². The van der Waals surface area contributed by atoms with Gasteiger partial charge in [-0.25, -0.2) is 8.42 Å². The number of hydrogen-bond acceptors (Lipinski definition) is 6. The Bertz CT molecular complexity index is 1230. The highest BCUT2D eigenvalue weighted by Gasteiger charge is 2.38. The van der Waals surface area contributed by atoms with E-state index in [2.05, 4.69) is 10.6 Å². The number of nitrogens with one attached hydrogen (secondary N) is 2. The monoisotopic (exact) mass is 470 g/mol. The number of piperazine rings is 1. The molecule has 10 nitrogen and oxygen atoms in total. The van der Waals surface area contributed by atoms with Crippen LogP contribution in [-0.4, -0.2) is 60.9 Å². The standard InChI is InChI=1S/C22H22N4O6S/c1-14-21(29)23-17-8-7-16(11-18(17)24-22(14)30)33(31,32)25-12-19(27)26(20(28)13-25)10-9-15-5-3-2-4-6-15/h2-8,11,14H,9-10,12-13H2,1H3,(H,23,29)(H,24,30). The van der Waals surface area contributed by atoms with Crippen LogP contribution in [0.15, 0.2) is 53.4 Å². The van der Waals surface area contributed by atoms with E-state index in [9.17, 15) is 27.6 Å². The number of nitrogens with zero attached hydrogens (tertiary/aromatic N) is 2. The van der Waals surface area contributed by atoms with Crippen LogP contribution in [0.2, 0.25) is 0 Å². The number of anilines is 2. The van der Waals surface area contributed by atoms with Crippen LogP contribution in [0.4, 0.5) is 11.4 Å². The second-order valence-corrected chi connectivity index (χ2v) is 9.79. The van der Waals surface area contributed by atoms with Crippen molar-refractivity contribution in [3.8, 4) is 0 Å². The molecule has 0 aliphatic carbocycles. The molecule has 2 N–H and O–H groups in total. The van der Waals surface area contributed by atoms with Crippen molar-refractivity contribution in [2.45, 2.75) is 18.2 Å². The lowest BCUT2D eigenvalue weighted by Gasteiger charge is -2.32. The highest BCUT2D eigenvalue weighted by atomic mass is 32.2. The third kappa shape index (κ3) is 4.50. The lowest BCUT2D eigenvalue weighted by molar-refractivity contribution is -0.149. The highest BCUT2D eigenvalue weighted by Crippen LogP contribution is 2.30. The predicted molar refractivity (Wildman–Crippen MR) is 118 cm³/mol. The summed E-state index contributed by atoms with van der Waals surface area (Å²) in [6.45, 7) is 0.654. The summed E-state index contributed by atoms with van der Waals surface area (Å²) < 4.78 is 27.1. The number of rotatable bonds is 5. The minimum absolute atomic E-state index is 0.123. The van der Waals surface area contributed by atoms with Crippen molar-refractivity contribution < 1.29 is 27.6 Å². The summed E-state index contributed by atoms with van der Waals surface area (Å²) in [6, 6.07) is 13.2. The van der Waals surface area contributed by atoms with Crippen molar-refractivity contribution in [3.05, 3.63) is 54.1 Å². The number of amides is 4. The number of imide groups is 1. The van der Waals surface area contributed by atoms with Crippen LogP contribution < -0.4 is 10.6 Å². The number of sulfonamides is 1. The van der Waals surface area contributed by atoms with E-state index >= 15 is 0 Å². The molecule has 1 saturated heterocycles. The zero-order valence-electron chi connectivity index (χ0n) is 17.8. The van der Waals surface area contributed by atoms with Gasteiger partial charge >= 0.3 is 0 Å². The predicted octanol–water partition coefficient (Wildman–Crippen LogP) is 0.815. The Balaban J connectivity index is 1.51. The van der Waals surface area contributed by atoms with E-state index in [4.69, 9.17) is 0 Å². The van der Waals surface area contributed by atoms with E-state index in [0.717, 1.165) is 14.8 Å². The molecular formula is C22H22N4O6S. The van der Waals surface area contributed by atoms with Gasteiger partial charge in [-0.2, -0.15) is 4.31 Å². The molecule has 11 heteroatoms. The Morgan fingerprint density at radius 3 is 2.12 bits per heavy atom. The molecular weight excluding hydrogens is 448 g/mol. The van der Waals surface area contributed by atoms with Crippen LogP contribution in [0.5, 0.6) is 0 Å². The average Bonchev–Trinajstić information content (AvgIpc) is 2.89. The smallest absolute Gasteiger partial charge is 0.244 e. The van der Waals surface area contributed by atoms with Crippen molar-refractivity contribution in [1.29, 1.82) is 0 Å². The molecule has 0 spiro atoms. The Kier molecular flexibility index (Phi) is 6.00. The second-order valence-electron chi connectivity index (χ2n) is 7.86. The summed E-state index contributed by atoms with van der Waals surface area (Å²) in [5.74, 6) is -3.23. The van der Waals surface area contributed by atoms with E-state index in [1.54, 1.807) is 0 Å². The molecule has 1 unspecified atom stereocenters.